The summed E-state index contributed by atoms with van der Waals surface area (Å²) in [5, 5.41) is 0. The SMILES string of the molecule is Fc1cccc(F)c1Cn1ccc2nc(-c3ccccc3)nc-2c1. The summed E-state index contributed by atoms with van der Waals surface area (Å²) in [6.45, 7) is 0.0992. The molecule has 2 aromatic carbocycles. The van der Waals surface area contributed by atoms with E-state index in [1.165, 1.54) is 18.2 Å². The van der Waals surface area contributed by atoms with Crippen LogP contribution in [-0.2, 0) is 6.54 Å². The Morgan fingerprint density at radius 2 is 1.50 bits per heavy atom. The summed E-state index contributed by atoms with van der Waals surface area (Å²) in [5.41, 5.74) is 2.40. The lowest BCUT2D eigenvalue weighted by atomic mass is 10.2. The van der Waals surface area contributed by atoms with Crippen molar-refractivity contribution in [3.63, 3.8) is 0 Å². The largest absolute Gasteiger partial charge is 0.347 e. The average Bonchev–Trinajstić information content (AvgIpc) is 3.02. The summed E-state index contributed by atoms with van der Waals surface area (Å²) >= 11 is 0. The third kappa shape index (κ3) is 2.65. The predicted octanol–water partition coefficient (Wildman–Crippen LogP) is 4.38. The van der Waals surface area contributed by atoms with Crippen molar-refractivity contribution in [2.24, 2.45) is 0 Å². The molecule has 0 amide bonds. The van der Waals surface area contributed by atoms with Gasteiger partial charge in [-0.15, -0.1) is 0 Å². The van der Waals surface area contributed by atoms with Crippen molar-refractivity contribution in [2.75, 3.05) is 0 Å². The van der Waals surface area contributed by atoms with Gasteiger partial charge in [0.25, 0.3) is 0 Å². The van der Waals surface area contributed by atoms with Crippen LogP contribution in [0, 0.1) is 11.6 Å². The molecular weight excluding hydrogens is 308 g/mol. The van der Waals surface area contributed by atoms with Crippen LogP contribution in [0.4, 0.5) is 8.78 Å². The fraction of sp³-hybridized carbons (Fsp3) is 0.0526. The molecule has 0 spiro atoms. The van der Waals surface area contributed by atoms with Crippen molar-refractivity contribution < 1.29 is 8.78 Å². The first-order chi connectivity index (χ1) is 11.7. The Balaban J connectivity index is 1.71. The van der Waals surface area contributed by atoms with Crippen LogP contribution in [0.25, 0.3) is 22.8 Å². The molecule has 24 heavy (non-hydrogen) atoms. The van der Waals surface area contributed by atoms with Gasteiger partial charge in [0.2, 0.25) is 0 Å². The maximum absolute atomic E-state index is 13.8. The van der Waals surface area contributed by atoms with Crippen LogP contribution in [-0.4, -0.2) is 14.5 Å². The summed E-state index contributed by atoms with van der Waals surface area (Å²) in [4.78, 5) is 9.00. The Labute approximate surface area is 137 Å². The van der Waals surface area contributed by atoms with E-state index in [-0.39, 0.29) is 12.1 Å². The minimum atomic E-state index is -0.554. The molecule has 0 unspecified atom stereocenters. The zero-order chi connectivity index (χ0) is 16.5. The van der Waals surface area contributed by atoms with Gasteiger partial charge in [0.1, 0.15) is 17.3 Å². The number of halogens is 2. The molecule has 2 aliphatic heterocycles. The van der Waals surface area contributed by atoms with Crippen molar-refractivity contribution >= 4 is 0 Å². The van der Waals surface area contributed by atoms with Crippen molar-refractivity contribution in [3.05, 3.63) is 84.2 Å². The molecule has 0 aliphatic carbocycles. The van der Waals surface area contributed by atoms with E-state index in [1.54, 1.807) is 23.0 Å². The number of rotatable bonds is 3. The van der Waals surface area contributed by atoms with E-state index in [2.05, 4.69) is 9.97 Å². The second kappa shape index (κ2) is 5.85. The smallest absolute Gasteiger partial charge is 0.160 e. The lowest BCUT2D eigenvalue weighted by Crippen LogP contribution is -2.05. The standard InChI is InChI=1S/C19H13F2N3/c20-15-7-4-8-16(21)14(15)11-24-10-9-17-18(12-24)23-19(22-17)13-5-2-1-3-6-13/h1-10,12H,11H2. The molecule has 4 rings (SSSR count). The second-order valence-corrected chi connectivity index (χ2v) is 5.50. The molecular formula is C19H13F2N3. The van der Waals surface area contributed by atoms with Gasteiger partial charge in [-0.2, -0.15) is 0 Å². The first-order valence-corrected chi connectivity index (χ1v) is 7.52. The van der Waals surface area contributed by atoms with E-state index < -0.39 is 11.6 Å². The summed E-state index contributed by atoms with van der Waals surface area (Å²) < 4.78 is 29.3. The quantitative estimate of drug-likeness (QED) is 0.561. The monoisotopic (exact) mass is 321 g/mol. The van der Waals surface area contributed by atoms with Gasteiger partial charge >= 0.3 is 0 Å². The van der Waals surface area contributed by atoms with Crippen molar-refractivity contribution in [1.82, 2.24) is 14.5 Å². The van der Waals surface area contributed by atoms with E-state index in [4.69, 9.17) is 0 Å². The van der Waals surface area contributed by atoms with Crippen LogP contribution in [0.3, 0.4) is 0 Å². The number of hydrogen-bond donors (Lipinski definition) is 0. The average molecular weight is 321 g/mol. The van der Waals surface area contributed by atoms with Gasteiger partial charge in [0.15, 0.2) is 5.82 Å². The molecule has 0 saturated heterocycles. The number of nitrogens with zero attached hydrogens (tertiary/aromatic N) is 3. The van der Waals surface area contributed by atoms with E-state index in [1.807, 2.05) is 30.3 Å². The van der Waals surface area contributed by atoms with Crippen LogP contribution in [0.1, 0.15) is 5.56 Å². The molecule has 3 nitrogen and oxygen atoms in total. The number of aromatic nitrogens is 3. The number of hydrogen-bond acceptors (Lipinski definition) is 2. The molecule has 2 heterocycles. The summed E-state index contributed by atoms with van der Waals surface area (Å²) in [6.07, 6.45) is 3.50. The number of benzene rings is 2. The van der Waals surface area contributed by atoms with Crippen LogP contribution >= 0.6 is 0 Å². The highest BCUT2D eigenvalue weighted by Gasteiger charge is 2.14. The fourth-order valence-electron chi connectivity index (χ4n) is 2.63. The fourth-order valence-corrected chi connectivity index (χ4v) is 2.63. The summed E-state index contributed by atoms with van der Waals surface area (Å²) in [7, 11) is 0. The van der Waals surface area contributed by atoms with E-state index >= 15 is 0 Å². The third-order valence-electron chi connectivity index (χ3n) is 3.86. The lowest BCUT2D eigenvalue weighted by Gasteiger charge is -2.09. The molecule has 0 aromatic heterocycles. The summed E-state index contributed by atoms with van der Waals surface area (Å²) in [6, 6.07) is 15.3. The van der Waals surface area contributed by atoms with E-state index in [0.717, 1.165) is 11.3 Å². The minimum absolute atomic E-state index is 0.0321. The minimum Gasteiger partial charge on any atom is -0.347 e. The van der Waals surface area contributed by atoms with Crippen LogP contribution < -0.4 is 0 Å². The number of pyridine rings is 1. The van der Waals surface area contributed by atoms with Gasteiger partial charge in [-0.05, 0) is 18.2 Å². The molecule has 0 bridgehead atoms. The predicted molar refractivity (Wildman–Crippen MR) is 87.5 cm³/mol. The summed E-state index contributed by atoms with van der Waals surface area (Å²) in [5.74, 6) is -0.470. The Morgan fingerprint density at radius 3 is 2.25 bits per heavy atom. The second-order valence-electron chi connectivity index (χ2n) is 5.50. The van der Waals surface area contributed by atoms with E-state index in [9.17, 15) is 8.78 Å². The highest BCUT2D eigenvalue weighted by molar-refractivity contribution is 5.65. The lowest BCUT2D eigenvalue weighted by molar-refractivity contribution is 0.544. The van der Waals surface area contributed by atoms with E-state index in [0.29, 0.717) is 11.5 Å². The maximum Gasteiger partial charge on any atom is 0.160 e. The van der Waals surface area contributed by atoms with Crippen molar-refractivity contribution in [2.45, 2.75) is 6.54 Å². The Kier molecular flexibility index (Phi) is 3.54. The van der Waals surface area contributed by atoms with Crippen LogP contribution in [0.2, 0.25) is 0 Å². The molecule has 0 fully saturated rings. The Hall–Kier alpha value is -3.08. The van der Waals surface area contributed by atoms with Gasteiger partial charge < -0.3 is 4.57 Å². The highest BCUT2D eigenvalue weighted by atomic mass is 19.1. The van der Waals surface area contributed by atoms with Gasteiger partial charge in [-0.1, -0.05) is 36.4 Å². The van der Waals surface area contributed by atoms with Crippen LogP contribution in [0.15, 0.2) is 67.0 Å². The van der Waals surface area contributed by atoms with Gasteiger partial charge in [0.05, 0.1) is 12.2 Å². The topological polar surface area (TPSA) is 30.7 Å². The van der Waals surface area contributed by atoms with Gasteiger partial charge in [-0.25, -0.2) is 18.7 Å². The Morgan fingerprint density at radius 1 is 0.792 bits per heavy atom. The highest BCUT2D eigenvalue weighted by Crippen LogP contribution is 2.25. The molecule has 0 saturated carbocycles. The van der Waals surface area contributed by atoms with Crippen molar-refractivity contribution in [3.8, 4) is 22.8 Å². The molecule has 2 aliphatic rings. The molecule has 5 heteroatoms. The first-order valence-electron chi connectivity index (χ1n) is 7.52. The molecule has 118 valence electrons. The molecule has 2 aromatic rings. The zero-order valence-electron chi connectivity index (χ0n) is 12.7. The number of imidazole rings is 1. The third-order valence-corrected chi connectivity index (χ3v) is 3.86. The maximum atomic E-state index is 13.8. The van der Waals surface area contributed by atoms with Crippen molar-refractivity contribution in [1.29, 1.82) is 0 Å². The van der Waals surface area contributed by atoms with Gasteiger partial charge in [-0.3, -0.25) is 0 Å². The van der Waals surface area contributed by atoms with Gasteiger partial charge in [0, 0.05) is 23.5 Å². The number of fused-ring (bicyclic) bond motifs is 1. The van der Waals surface area contributed by atoms with Crippen LogP contribution in [0.5, 0.6) is 0 Å². The normalized spacial score (nSPS) is 11.1. The Bertz CT molecular complexity index is 943. The molecule has 0 N–H and O–H groups in total. The molecule has 0 atom stereocenters. The first kappa shape index (κ1) is 14.5. The molecule has 0 radical (unpaired) electrons. The zero-order valence-corrected chi connectivity index (χ0v) is 12.7.